The summed E-state index contributed by atoms with van der Waals surface area (Å²) in [4.78, 5) is 45.6. The number of carbonyl (C=O) groups is 4. The number of methoxy groups -OCH3 is 1. The molecule has 4 N–H and O–H groups in total. The minimum Gasteiger partial charge on any atom is -0.508 e. The number of hydrogen-bond donors (Lipinski definition) is 4. The van der Waals surface area contributed by atoms with Crippen LogP contribution in [0.5, 0.6) is 5.75 Å². The first-order valence-corrected chi connectivity index (χ1v) is 7.03. The zero-order valence-corrected chi connectivity index (χ0v) is 13.5. The number of carboxylic acids is 2. The van der Waals surface area contributed by atoms with Crippen LogP contribution in [0.4, 0.5) is 0 Å². The van der Waals surface area contributed by atoms with Crippen molar-refractivity contribution >= 4 is 30.0 Å². The molecule has 1 aromatic rings. The van der Waals surface area contributed by atoms with Crippen molar-refractivity contribution in [2.24, 2.45) is 0 Å². The van der Waals surface area contributed by atoms with Crippen molar-refractivity contribution < 1.29 is 49.1 Å². The number of carboxylic acid groups (broad SMARTS) is 2. The number of esters is 2. The summed E-state index contributed by atoms with van der Waals surface area (Å²) in [5, 5.41) is 37.3. The van der Waals surface area contributed by atoms with Crippen molar-refractivity contribution in [2.75, 3.05) is 7.11 Å². The van der Waals surface area contributed by atoms with Gasteiger partial charge >= 0.3 is 23.9 Å². The van der Waals surface area contributed by atoms with Gasteiger partial charge in [-0.3, -0.25) is 4.79 Å². The Balaban J connectivity index is 3.02. The van der Waals surface area contributed by atoms with E-state index in [4.69, 9.17) is 15.3 Å². The van der Waals surface area contributed by atoms with Gasteiger partial charge in [-0.15, -0.1) is 0 Å². The summed E-state index contributed by atoms with van der Waals surface area (Å²) in [5.74, 6) is -6.49. The molecule has 0 aliphatic carbocycles. The third-order valence-electron chi connectivity index (χ3n) is 3.16. The Kier molecular flexibility index (Phi) is 6.85. The van der Waals surface area contributed by atoms with E-state index in [1.54, 1.807) is 0 Å². The largest absolute Gasteiger partial charge is 0.508 e. The second-order valence-electron chi connectivity index (χ2n) is 5.07. The Morgan fingerprint density at radius 1 is 1.15 bits per heavy atom. The van der Waals surface area contributed by atoms with Crippen LogP contribution in [0.1, 0.15) is 12.0 Å². The molecule has 0 fully saturated rings. The molecule has 140 valence electrons. The molecule has 0 heterocycles. The van der Waals surface area contributed by atoms with Gasteiger partial charge in [0, 0.05) is 6.08 Å². The molecule has 1 rings (SSSR count). The Morgan fingerprint density at radius 3 is 2.19 bits per heavy atom. The highest BCUT2D eigenvalue weighted by Crippen LogP contribution is 2.22. The average molecular weight is 368 g/mol. The van der Waals surface area contributed by atoms with Crippen LogP contribution >= 0.6 is 0 Å². The van der Waals surface area contributed by atoms with Gasteiger partial charge in [0.2, 0.25) is 11.7 Å². The van der Waals surface area contributed by atoms with Crippen LogP contribution in [0.25, 0.3) is 6.08 Å². The summed E-state index contributed by atoms with van der Waals surface area (Å²) in [6.45, 7) is 0. The monoisotopic (exact) mass is 368 g/mol. The average Bonchev–Trinajstić information content (AvgIpc) is 2.57. The minimum absolute atomic E-state index is 0.00696. The van der Waals surface area contributed by atoms with Crippen LogP contribution in [0.15, 0.2) is 30.3 Å². The van der Waals surface area contributed by atoms with E-state index in [2.05, 4.69) is 9.47 Å². The number of aliphatic carboxylic acids is 2. The second-order valence-corrected chi connectivity index (χ2v) is 5.07. The van der Waals surface area contributed by atoms with Gasteiger partial charge in [-0.25, -0.2) is 14.4 Å². The molecule has 0 aliphatic rings. The second kappa shape index (κ2) is 8.62. The molecular weight excluding hydrogens is 352 g/mol. The predicted octanol–water partition coefficient (Wildman–Crippen LogP) is -0.219. The first-order valence-electron chi connectivity index (χ1n) is 7.03. The summed E-state index contributed by atoms with van der Waals surface area (Å²) in [5.41, 5.74) is -2.66. The molecule has 0 saturated carbocycles. The maximum absolute atomic E-state index is 11.8. The van der Waals surface area contributed by atoms with Gasteiger partial charge in [0.1, 0.15) is 5.75 Å². The van der Waals surface area contributed by atoms with Crippen LogP contribution < -0.4 is 0 Å². The molecule has 0 unspecified atom stereocenters. The highest BCUT2D eigenvalue weighted by Gasteiger charge is 2.53. The van der Waals surface area contributed by atoms with Crippen molar-refractivity contribution in [1.29, 1.82) is 0 Å². The SMILES string of the molecule is COC(=O)[C@](O)(CC(=O)O)[C@H](OC(=O)/C=C/c1ccc(O)cc1)C(=O)O. The van der Waals surface area contributed by atoms with Gasteiger partial charge in [0.05, 0.1) is 13.5 Å². The zero-order chi connectivity index (χ0) is 19.9. The minimum atomic E-state index is -3.12. The molecule has 1 aromatic carbocycles. The van der Waals surface area contributed by atoms with Crippen LogP contribution in [-0.4, -0.2) is 63.1 Å². The maximum Gasteiger partial charge on any atom is 0.348 e. The normalized spacial score (nSPS) is 14.2. The van der Waals surface area contributed by atoms with Gasteiger partial charge < -0.3 is 29.9 Å². The summed E-state index contributed by atoms with van der Waals surface area (Å²) >= 11 is 0. The number of phenols is 1. The van der Waals surface area contributed by atoms with Crippen molar-refractivity contribution in [3.05, 3.63) is 35.9 Å². The van der Waals surface area contributed by atoms with E-state index < -0.39 is 42.0 Å². The molecule has 10 nitrogen and oxygen atoms in total. The molecule has 26 heavy (non-hydrogen) atoms. The quantitative estimate of drug-likeness (QED) is 0.355. The fourth-order valence-corrected chi connectivity index (χ4v) is 1.94. The van der Waals surface area contributed by atoms with Gasteiger partial charge in [0.15, 0.2) is 0 Å². The number of phenolic OH excluding ortho intramolecular Hbond substituents is 1. The van der Waals surface area contributed by atoms with E-state index in [0.29, 0.717) is 5.56 Å². The molecule has 0 aliphatic heterocycles. The van der Waals surface area contributed by atoms with Crippen molar-refractivity contribution in [1.82, 2.24) is 0 Å². The molecule has 0 saturated heterocycles. The zero-order valence-electron chi connectivity index (χ0n) is 13.5. The number of rotatable bonds is 8. The fourth-order valence-electron chi connectivity index (χ4n) is 1.94. The lowest BCUT2D eigenvalue weighted by molar-refractivity contribution is -0.197. The summed E-state index contributed by atoms with van der Waals surface area (Å²) in [7, 11) is 0.806. The van der Waals surface area contributed by atoms with E-state index in [-0.39, 0.29) is 5.75 Å². The van der Waals surface area contributed by atoms with Crippen LogP contribution in [-0.2, 0) is 28.7 Å². The number of carbonyl (C=O) groups excluding carboxylic acids is 2. The first-order chi connectivity index (χ1) is 12.1. The predicted molar refractivity (Wildman–Crippen MR) is 83.9 cm³/mol. The lowest BCUT2D eigenvalue weighted by Gasteiger charge is -2.28. The van der Waals surface area contributed by atoms with E-state index in [1.807, 2.05) is 0 Å². The van der Waals surface area contributed by atoms with E-state index in [1.165, 1.54) is 30.3 Å². The number of aromatic hydroxyl groups is 1. The van der Waals surface area contributed by atoms with E-state index in [9.17, 15) is 24.3 Å². The fraction of sp³-hybridized carbons (Fsp3) is 0.250. The third-order valence-corrected chi connectivity index (χ3v) is 3.16. The Labute approximate surface area is 146 Å². The Morgan fingerprint density at radius 2 is 1.73 bits per heavy atom. The molecule has 0 radical (unpaired) electrons. The van der Waals surface area contributed by atoms with E-state index >= 15 is 0 Å². The topological polar surface area (TPSA) is 168 Å². The summed E-state index contributed by atoms with van der Waals surface area (Å²) < 4.78 is 8.78. The van der Waals surface area contributed by atoms with E-state index in [0.717, 1.165) is 13.2 Å². The molecular formula is C16H16O10. The van der Waals surface area contributed by atoms with Crippen LogP contribution in [0.2, 0.25) is 0 Å². The number of aliphatic hydroxyl groups is 1. The Bertz CT molecular complexity index is 721. The Hall–Kier alpha value is -3.40. The molecule has 0 bridgehead atoms. The maximum atomic E-state index is 11.8. The van der Waals surface area contributed by atoms with Crippen molar-refractivity contribution in [3.63, 3.8) is 0 Å². The van der Waals surface area contributed by atoms with Gasteiger partial charge in [-0.2, -0.15) is 0 Å². The van der Waals surface area contributed by atoms with Gasteiger partial charge in [0.25, 0.3) is 0 Å². The molecule has 0 spiro atoms. The first kappa shape index (κ1) is 20.6. The van der Waals surface area contributed by atoms with Crippen molar-refractivity contribution in [3.8, 4) is 5.75 Å². The van der Waals surface area contributed by atoms with Gasteiger partial charge in [-0.05, 0) is 23.8 Å². The standard InChI is InChI=1S/C16H16O10/c1-25-15(23)16(24,8-11(18)19)13(14(21)22)26-12(20)7-4-9-2-5-10(17)6-3-9/h2-7,13,17,24H,8H2,1H3,(H,18,19)(H,21,22)/b7-4+/t13-,16+/m1/s1. The lowest BCUT2D eigenvalue weighted by atomic mass is 9.92. The summed E-state index contributed by atoms with van der Waals surface area (Å²) in [6.07, 6.45) is -1.84. The highest BCUT2D eigenvalue weighted by molar-refractivity contribution is 5.95. The van der Waals surface area contributed by atoms with Crippen LogP contribution in [0.3, 0.4) is 0 Å². The van der Waals surface area contributed by atoms with Gasteiger partial charge in [-0.1, -0.05) is 12.1 Å². The third kappa shape index (κ3) is 5.31. The smallest absolute Gasteiger partial charge is 0.348 e. The molecule has 2 atom stereocenters. The number of ether oxygens (including phenoxy) is 2. The van der Waals surface area contributed by atoms with Crippen molar-refractivity contribution in [2.45, 2.75) is 18.1 Å². The molecule has 0 aromatic heterocycles. The lowest BCUT2D eigenvalue weighted by Crippen LogP contribution is -2.56. The highest BCUT2D eigenvalue weighted by atomic mass is 16.6. The molecule has 10 heteroatoms. The van der Waals surface area contributed by atoms with Crippen LogP contribution in [0, 0.1) is 0 Å². The number of hydrogen-bond acceptors (Lipinski definition) is 8. The number of benzene rings is 1. The molecule has 0 amide bonds. The summed E-state index contributed by atoms with van der Waals surface area (Å²) in [6, 6.07) is 5.58.